The molecule has 0 atom stereocenters. The predicted octanol–water partition coefficient (Wildman–Crippen LogP) is 5.52. The van der Waals surface area contributed by atoms with Gasteiger partial charge in [-0.15, -0.1) is 0 Å². The molecule has 182 valence electrons. The lowest BCUT2D eigenvalue weighted by Gasteiger charge is -2.09. The van der Waals surface area contributed by atoms with Crippen molar-refractivity contribution in [1.82, 2.24) is 34.5 Å². The molecule has 1 saturated carbocycles. The van der Waals surface area contributed by atoms with Crippen LogP contribution >= 0.6 is 11.6 Å². The van der Waals surface area contributed by atoms with Crippen molar-refractivity contribution in [1.29, 1.82) is 0 Å². The summed E-state index contributed by atoms with van der Waals surface area (Å²) in [5.74, 6) is 1.17. The normalized spacial score (nSPS) is 14.0. The van der Waals surface area contributed by atoms with Crippen LogP contribution in [0.2, 0.25) is 5.02 Å². The summed E-state index contributed by atoms with van der Waals surface area (Å²) >= 11 is 6.30. The Balaban J connectivity index is 1.50. The van der Waals surface area contributed by atoms with Crippen LogP contribution in [0, 0.1) is 26.7 Å². The molecule has 0 N–H and O–H groups in total. The average Bonchev–Trinajstić information content (AvgIpc) is 3.55. The zero-order chi connectivity index (χ0) is 24.9. The first kappa shape index (κ1) is 23.5. The van der Waals surface area contributed by atoms with E-state index in [9.17, 15) is 13.2 Å². The van der Waals surface area contributed by atoms with E-state index in [1.54, 1.807) is 4.68 Å². The summed E-state index contributed by atoms with van der Waals surface area (Å²) in [5.41, 5.74) is 4.39. The molecule has 7 nitrogen and oxygen atoms in total. The summed E-state index contributed by atoms with van der Waals surface area (Å²) in [6.07, 6.45) is 1.02. The van der Waals surface area contributed by atoms with Crippen molar-refractivity contribution in [2.45, 2.75) is 52.8 Å². The van der Waals surface area contributed by atoms with Gasteiger partial charge in [0.2, 0.25) is 0 Å². The van der Waals surface area contributed by atoms with E-state index in [-0.39, 0.29) is 0 Å². The Kier molecular flexibility index (Phi) is 5.86. The van der Waals surface area contributed by atoms with Crippen molar-refractivity contribution < 1.29 is 13.2 Å². The highest BCUT2D eigenvalue weighted by molar-refractivity contribution is 6.31. The molecular formula is C24H23ClF3N7. The lowest BCUT2D eigenvalue weighted by atomic mass is 10.1. The number of rotatable bonds is 6. The third-order valence-corrected chi connectivity index (χ3v) is 6.80. The van der Waals surface area contributed by atoms with Gasteiger partial charge in [0.15, 0.2) is 5.82 Å². The van der Waals surface area contributed by atoms with E-state index in [4.69, 9.17) is 16.7 Å². The first-order valence-corrected chi connectivity index (χ1v) is 11.6. The van der Waals surface area contributed by atoms with Crippen molar-refractivity contribution in [2.75, 3.05) is 0 Å². The molecule has 1 fully saturated rings. The maximum absolute atomic E-state index is 13.0. The van der Waals surface area contributed by atoms with E-state index >= 15 is 0 Å². The molecule has 4 aromatic rings. The lowest BCUT2D eigenvalue weighted by Crippen LogP contribution is -2.10. The van der Waals surface area contributed by atoms with Gasteiger partial charge in [-0.2, -0.15) is 23.4 Å². The fourth-order valence-corrected chi connectivity index (χ4v) is 4.22. The van der Waals surface area contributed by atoms with Crippen LogP contribution in [0.4, 0.5) is 13.2 Å². The molecule has 4 heterocycles. The van der Waals surface area contributed by atoms with E-state index in [1.807, 2.05) is 31.5 Å². The zero-order valence-corrected chi connectivity index (χ0v) is 20.2. The molecule has 11 heteroatoms. The average molecular weight is 502 g/mol. The van der Waals surface area contributed by atoms with Gasteiger partial charge in [-0.25, -0.2) is 14.6 Å². The highest BCUT2D eigenvalue weighted by Gasteiger charge is 2.32. The van der Waals surface area contributed by atoms with E-state index in [0.29, 0.717) is 34.4 Å². The quantitative estimate of drug-likeness (QED) is 0.348. The number of nitrogens with zero attached hydrogens (tertiary/aromatic N) is 7. The molecule has 1 aliphatic carbocycles. The van der Waals surface area contributed by atoms with Gasteiger partial charge in [0.05, 0.1) is 27.8 Å². The molecule has 0 unspecified atom stereocenters. The Morgan fingerprint density at radius 1 is 1.06 bits per heavy atom. The van der Waals surface area contributed by atoms with Crippen LogP contribution in [0.5, 0.6) is 0 Å². The molecule has 5 rings (SSSR count). The summed E-state index contributed by atoms with van der Waals surface area (Å²) in [7, 11) is 0. The second-order valence-electron chi connectivity index (χ2n) is 8.92. The van der Waals surface area contributed by atoms with Crippen molar-refractivity contribution in [3.8, 4) is 17.1 Å². The standard InChI is InChI=1S/C24H23ClF3N7/c1-13-19(8-18-9-21(31-12-30-18)35-15(3)22(25)14(2)32-35)34(11-16-4-5-16)33-23(13)17-6-7-20(29-10-17)24(26,27)28/h6-7,9-10,12,16H,4-5,8,11H2,1-3H3. The zero-order valence-electron chi connectivity index (χ0n) is 19.4. The molecule has 0 aliphatic heterocycles. The molecular weight excluding hydrogens is 479 g/mol. The van der Waals surface area contributed by atoms with Gasteiger partial charge in [0.25, 0.3) is 0 Å². The Labute approximate surface area is 205 Å². The van der Waals surface area contributed by atoms with Crippen molar-refractivity contribution in [3.05, 3.63) is 69.8 Å². The van der Waals surface area contributed by atoms with Gasteiger partial charge in [-0.05, 0) is 57.2 Å². The summed E-state index contributed by atoms with van der Waals surface area (Å²) < 4.78 is 42.5. The van der Waals surface area contributed by atoms with Gasteiger partial charge in [-0.1, -0.05) is 11.6 Å². The minimum absolute atomic E-state index is 0.488. The van der Waals surface area contributed by atoms with Crippen LogP contribution in [-0.2, 0) is 19.1 Å². The largest absolute Gasteiger partial charge is 0.433 e. The van der Waals surface area contributed by atoms with E-state index in [0.717, 1.165) is 53.8 Å². The number of hydrogen-bond donors (Lipinski definition) is 0. The van der Waals surface area contributed by atoms with Crippen molar-refractivity contribution in [3.63, 3.8) is 0 Å². The van der Waals surface area contributed by atoms with Gasteiger partial charge >= 0.3 is 6.18 Å². The number of alkyl halides is 3. The van der Waals surface area contributed by atoms with Crippen LogP contribution in [0.3, 0.4) is 0 Å². The van der Waals surface area contributed by atoms with Gasteiger partial charge < -0.3 is 0 Å². The second-order valence-corrected chi connectivity index (χ2v) is 9.29. The van der Waals surface area contributed by atoms with Gasteiger partial charge in [-0.3, -0.25) is 9.67 Å². The van der Waals surface area contributed by atoms with Crippen LogP contribution in [0.25, 0.3) is 17.1 Å². The minimum atomic E-state index is -4.48. The summed E-state index contributed by atoms with van der Waals surface area (Å²) in [5, 5.41) is 9.84. The molecule has 4 aromatic heterocycles. The van der Waals surface area contributed by atoms with E-state index in [1.165, 1.54) is 18.6 Å². The molecule has 0 radical (unpaired) electrons. The number of hydrogen-bond acceptors (Lipinski definition) is 5. The summed E-state index contributed by atoms with van der Waals surface area (Å²) in [4.78, 5) is 12.4. The molecule has 1 aliphatic rings. The Bertz CT molecular complexity index is 1390. The maximum atomic E-state index is 13.0. The first-order chi connectivity index (χ1) is 16.6. The third-order valence-electron chi connectivity index (χ3n) is 6.25. The number of aromatic nitrogens is 7. The topological polar surface area (TPSA) is 74.3 Å². The Morgan fingerprint density at radius 3 is 2.43 bits per heavy atom. The van der Waals surface area contributed by atoms with E-state index < -0.39 is 11.9 Å². The number of halogens is 4. The second kappa shape index (κ2) is 8.75. The monoisotopic (exact) mass is 501 g/mol. The van der Waals surface area contributed by atoms with Gasteiger partial charge in [0.1, 0.15) is 12.0 Å². The Morgan fingerprint density at radius 2 is 1.83 bits per heavy atom. The minimum Gasteiger partial charge on any atom is -0.268 e. The Hall–Kier alpha value is -3.27. The van der Waals surface area contributed by atoms with Crippen LogP contribution in [-0.4, -0.2) is 34.5 Å². The highest BCUT2D eigenvalue weighted by atomic mass is 35.5. The van der Waals surface area contributed by atoms with Crippen molar-refractivity contribution in [2.24, 2.45) is 5.92 Å². The van der Waals surface area contributed by atoms with Crippen molar-refractivity contribution >= 4 is 11.6 Å². The third kappa shape index (κ3) is 4.67. The summed E-state index contributed by atoms with van der Waals surface area (Å²) in [6, 6.07) is 4.28. The molecule has 0 saturated heterocycles. The molecule has 0 spiro atoms. The molecule has 0 amide bonds. The maximum Gasteiger partial charge on any atom is 0.433 e. The molecule has 0 bridgehead atoms. The fourth-order valence-electron chi connectivity index (χ4n) is 4.10. The van der Waals surface area contributed by atoms with Crippen LogP contribution in [0.15, 0.2) is 30.7 Å². The molecule has 35 heavy (non-hydrogen) atoms. The number of aryl methyl sites for hydroxylation is 1. The lowest BCUT2D eigenvalue weighted by molar-refractivity contribution is -0.141. The van der Waals surface area contributed by atoms with Crippen LogP contribution < -0.4 is 0 Å². The fraction of sp³-hybridized carbons (Fsp3) is 0.375. The smallest absolute Gasteiger partial charge is 0.268 e. The first-order valence-electron chi connectivity index (χ1n) is 11.2. The molecule has 0 aromatic carbocycles. The van der Waals surface area contributed by atoms with Gasteiger partial charge in [0, 0.05) is 36.5 Å². The SMILES string of the molecule is Cc1nn(-c2cc(Cc3c(C)c(-c4ccc(C(F)(F)F)nc4)nn3CC3CC3)ncn2)c(C)c1Cl. The van der Waals surface area contributed by atoms with Crippen LogP contribution in [0.1, 0.15) is 46.9 Å². The van der Waals surface area contributed by atoms with E-state index in [2.05, 4.69) is 20.1 Å². The predicted molar refractivity (Wildman–Crippen MR) is 124 cm³/mol. The highest BCUT2D eigenvalue weighted by Crippen LogP contribution is 2.34. The summed E-state index contributed by atoms with van der Waals surface area (Å²) in [6.45, 7) is 6.41. The number of pyridine rings is 1.